The van der Waals surface area contributed by atoms with Crippen LogP contribution in [-0.2, 0) is 30.2 Å². The SMILES string of the molecule is O=C(Cc1cccc(Cl)c1)N[C@H](CCc1nn[nH]n1)Cc1ccc(C(F)(F)F)cc1. The second kappa shape index (κ2) is 9.71. The molecule has 1 aromatic heterocycles. The molecule has 1 amide bonds. The molecule has 30 heavy (non-hydrogen) atoms. The van der Waals surface area contributed by atoms with E-state index in [-0.39, 0.29) is 18.4 Å². The smallest absolute Gasteiger partial charge is 0.353 e. The predicted molar refractivity (Wildman–Crippen MR) is 105 cm³/mol. The van der Waals surface area contributed by atoms with Crippen LogP contribution in [0, 0.1) is 0 Å². The molecular formula is C20H19ClF3N5O. The van der Waals surface area contributed by atoms with Gasteiger partial charge in [0.1, 0.15) is 0 Å². The lowest BCUT2D eigenvalue weighted by Crippen LogP contribution is -2.37. The first kappa shape index (κ1) is 21.8. The monoisotopic (exact) mass is 437 g/mol. The van der Waals surface area contributed by atoms with Crippen molar-refractivity contribution in [3.05, 3.63) is 76.1 Å². The maximum Gasteiger partial charge on any atom is 0.416 e. The van der Waals surface area contributed by atoms with Gasteiger partial charge in [-0.05, 0) is 48.2 Å². The zero-order chi connectivity index (χ0) is 21.6. The van der Waals surface area contributed by atoms with Gasteiger partial charge in [0, 0.05) is 17.5 Å². The molecule has 1 heterocycles. The van der Waals surface area contributed by atoms with E-state index in [0.717, 1.165) is 17.7 Å². The number of carbonyl (C=O) groups is 1. The van der Waals surface area contributed by atoms with Gasteiger partial charge in [-0.25, -0.2) is 0 Å². The molecule has 0 aliphatic heterocycles. The molecule has 6 nitrogen and oxygen atoms in total. The Kier molecular flexibility index (Phi) is 7.04. The Hall–Kier alpha value is -2.94. The number of hydrogen-bond acceptors (Lipinski definition) is 4. The molecule has 1 atom stereocenters. The predicted octanol–water partition coefficient (Wildman–Crippen LogP) is 3.77. The number of hydrogen-bond donors (Lipinski definition) is 2. The lowest BCUT2D eigenvalue weighted by Gasteiger charge is -2.19. The summed E-state index contributed by atoms with van der Waals surface area (Å²) in [4.78, 5) is 12.5. The highest BCUT2D eigenvalue weighted by molar-refractivity contribution is 6.30. The molecule has 0 unspecified atom stereocenters. The zero-order valence-corrected chi connectivity index (χ0v) is 16.5. The van der Waals surface area contributed by atoms with Crippen molar-refractivity contribution in [3.63, 3.8) is 0 Å². The largest absolute Gasteiger partial charge is 0.416 e. The number of benzene rings is 2. The first-order valence-electron chi connectivity index (χ1n) is 9.22. The van der Waals surface area contributed by atoms with E-state index in [1.807, 2.05) is 0 Å². The third kappa shape index (κ3) is 6.55. The van der Waals surface area contributed by atoms with Crippen LogP contribution >= 0.6 is 11.6 Å². The van der Waals surface area contributed by atoms with E-state index in [9.17, 15) is 18.0 Å². The zero-order valence-electron chi connectivity index (χ0n) is 15.8. The highest BCUT2D eigenvalue weighted by Crippen LogP contribution is 2.29. The van der Waals surface area contributed by atoms with Gasteiger partial charge < -0.3 is 5.32 Å². The summed E-state index contributed by atoms with van der Waals surface area (Å²) in [6.45, 7) is 0. The first-order valence-corrected chi connectivity index (χ1v) is 9.59. The number of halogens is 4. The van der Waals surface area contributed by atoms with Crippen molar-refractivity contribution < 1.29 is 18.0 Å². The fourth-order valence-electron chi connectivity index (χ4n) is 3.04. The molecule has 3 rings (SSSR count). The minimum Gasteiger partial charge on any atom is -0.353 e. The van der Waals surface area contributed by atoms with Gasteiger partial charge in [0.2, 0.25) is 5.91 Å². The average Bonchev–Trinajstić information content (AvgIpc) is 3.19. The maximum absolute atomic E-state index is 12.8. The van der Waals surface area contributed by atoms with Crippen LogP contribution in [0.5, 0.6) is 0 Å². The highest BCUT2D eigenvalue weighted by Gasteiger charge is 2.30. The Morgan fingerprint density at radius 3 is 2.53 bits per heavy atom. The second-order valence-corrected chi connectivity index (χ2v) is 7.27. The van der Waals surface area contributed by atoms with Gasteiger partial charge in [-0.15, -0.1) is 10.2 Å². The van der Waals surface area contributed by atoms with Gasteiger partial charge in [0.25, 0.3) is 0 Å². The van der Waals surface area contributed by atoms with Crippen LogP contribution in [0.1, 0.15) is 28.9 Å². The molecule has 0 saturated heterocycles. The first-order chi connectivity index (χ1) is 14.3. The third-order valence-corrected chi connectivity index (χ3v) is 4.72. The number of aromatic amines is 1. The fraction of sp³-hybridized carbons (Fsp3) is 0.300. The number of nitrogens with zero attached hydrogens (tertiary/aromatic N) is 3. The number of aryl methyl sites for hydroxylation is 1. The van der Waals surface area contributed by atoms with Crippen molar-refractivity contribution in [1.82, 2.24) is 25.9 Å². The molecule has 0 saturated carbocycles. The standard InChI is InChI=1S/C20H19ClF3N5O/c21-16-3-1-2-14(10-16)12-19(30)25-17(8-9-18-26-28-29-27-18)11-13-4-6-15(7-5-13)20(22,23)24/h1-7,10,17H,8-9,11-12H2,(H,25,30)(H,26,27,28,29)/t17-/m1/s1. The van der Waals surface area contributed by atoms with Crippen molar-refractivity contribution >= 4 is 17.5 Å². The topological polar surface area (TPSA) is 83.6 Å². The van der Waals surface area contributed by atoms with Crippen molar-refractivity contribution in [2.75, 3.05) is 0 Å². The minimum absolute atomic E-state index is 0.145. The lowest BCUT2D eigenvalue weighted by molar-refractivity contribution is -0.137. The van der Waals surface area contributed by atoms with Gasteiger partial charge in [0.05, 0.1) is 12.0 Å². The van der Waals surface area contributed by atoms with Crippen LogP contribution in [0.2, 0.25) is 5.02 Å². The Bertz CT molecular complexity index is 961. The number of H-pyrrole nitrogens is 1. The van der Waals surface area contributed by atoms with Crippen molar-refractivity contribution in [1.29, 1.82) is 0 Å². The van der Waals surface area contributed by atoms with Crippen molar-refractivity contribution in [2.24, 2.45) is 0 Å². The summed E-state index contributed by atoms with van der Waals surface area (Å²) in [5.74, 6) is 0.291. The Balaban J connectivity index is 1.66. The van der Waals surface area contributed by atoms with E-state index < -0.39 is 11.7 Å². The van der Waals surface area contributed by atoms with Gasteiger partial charge >= 0.3 is 6.18 Å². The number of alkyl halides is 3. The summed E-state index contributed by atoms with van der Waals surface area (Å²) >= 11 is 5.96. The van der Waals surface area contributed by atoms with Crippen molar-refractivity contribution in [3.8, 4) is 0 Å². The Labute approximate surface area is 175 Å². The lowest BCUT2D eigenvalue weighted by atomic mass is 10.00. The summed E-state index contributed by atoms with van der Waals surface area (Å²) in [6, 6.07) is 11.6. The maximum atomic E-state index is 12.8. The molecule has 0 aliphatic carbocycles. The van der Waals surface area contributed by atoms with E-state index in [2.05, 4.69) is 25.9 Å². The summed E-state index contributed by atoms with van der Waals surface area (Å²) in [6.07, 6.45) is -2.91. The molecule has 0 bridgehead atoms. The Morgan fingerprint density at radius 1 is 1.13 bits per heavy atom. The molecule has 2 N–H and O–H groups in total. The number of tetrazole rings is 1. The van der Waals surface area contributed by atoms with Crippen LogP contribution in [0.25, 0.3) is 0 Å². The number of aromatic nitrogens is 4. The van der Waals surface area contributed by atoms with Gasteiger partial charge in [-0.2, -0.15) is 18.4 Å². The number of nitrogens with one attached hydrogen (secondary N) is 2. The minimum atomic E-state index is -4.39. The van der Waals surface area contributed by atoms with E-state index >= 15 is 0 Å². The molecule has 3 aromatic rings. The van der Waals surface area contributed by atoms with Crippen LogP contribution in [-0.4, -0.2) is 32.6 Å². The molecule has 0 spiro atoms. The van der Waals surface area contributed by atoms with Gasteiger partial charge in [-0.1, -0.05) is 41.1 Å². The molecule has 0 fully saturated rings. The van der Waals surface area contributed by atoms with Crippen LogP contribution in [0.15, 0.2) is 48.5 Å². The number of rotatable bonds is 8. The van der Waals surface area contributed by atoms with Crippen LogP contribution in [0.4, 0.5) is 13.2 Å². The number of carbonyl (C=O) groups excluding carboxylic acids is 1. The summed E-state index contributed by atoms with van der Waals surface area (Å²) in [7, 11) is 0. The summed E-state index contributed by atoms with van der Waals surface area (Å²) in [5.41, 5.74) is 0.746. The molecule has 10 heteroatoms. The molecule has 2 aromatic carbocycles. The Morgan fingerprint density at radius 2 is 1.90 bits per heavy atom. The van der Waals surface area contributed by atoms with Crippen LogP contribution < -0.4 is 5.32 Å². The van der Waals surface area contributed by atoms with E-state index in [1.54, 1.807) is 24.3 Å². The summed E-state index contributed by atoms with van der Waals surface area (Å²) in [5, 5.41) is 17.1. The van der Waals surface area contributed by atoms with Crippen LogP contribution in [0.3, 0.4) is 0 Å². The number of amides is 1. The normalized spacial score (nSPS) is 12.5. The van der Waals surface area contributed by atoms with Gasteiger partial charge in [-0.3, -0.25) is 4.79 Å². The van der Waals surface area contributed by atoms with E-state index in [4.69, 9.17) is 11.6 Å². The van der Waals surface area contributed by atoms with Gasteiger partial charge in [0.15, 0.2) is 5.82 Å². The van der Waals surface area contributed by atoms with Crippen molar-refractivity contribution in [2.45, 2.75) is 37.9 Å². The quantitative estimate of drug-likeness (QED) is 0.562. The molecular weight excluding hydrogens is 419 g/mol. The highest BCUT2D eigenvalue weighted by atomic mass is 35.5. The second-order valence-electron chi connectivity index (χ2n) is 6.84. The third-order valence-electron chi connectivity index (χ3n) is 4.49. The molecule has 158 valence electrons. The van der Waals surface area contributed by atoms with E-state index in [0.29, 0.717) is 35.7 Å². The van der Waals surface area contributed by atoms with E-state index in [1.165, 1.54) is 12.1 Å². The fourth-order valence-corrected chi connectivity index (χ4v) is 3.26. The average molecular weight is 438 g/mol. The molecule has 0 radical (unpaired) electrons. The summed E-state index contributed by atoms with van der Waals surface area (Å²) < 4.78 is 38.3. The molecule has 0 aliphatic rings.